The van der Waals surface area contributed by atoms with Gasteiger partial charge in [0.15, 0.2) is 6.10 Å². The molecule has 2 aromatic rings. The van der Waals surface area contributed by atoms with Crippen molar-refractivity contribution in [1.29, 1.82) is 0 Å². The molecule has 1 saturated heterocycles. The first-order valence-electron chi connectivity index (χ1n) is 6.06. The van der Waals surface area contributed by atoms with Crippen molar-refractivity contribution in [3.05, 3.63) is 27.9 Å². The zero-order valence-corrected chi connectivity index (χ0v) is 11.8. The van der Waals surface area contributed by atoms with E-state index >= 15 is 0 Å². The number of primary amides is 1. The third-order valence-electron chi connectivity index (χ3n) is 3.32. The minimum Gasteiger partial charge on any atom is -0.447 e. The van der Waals surface area contributed by atoms with Gasteiger partial charge >= 0.3 is 10.9 Å². The zero-order chi connectivity index (χ0) is 15.1. The van der Waals surface area contributed by atoms with Crippen LogP contribution in [0.25, 0.3) is 10.2 Å². The highest BCUT2D eigenvalue weighted by Gasteiger charge is 2.35. The number of carbonyl (C=O) groups is 1. The average molecular weight is 308 g/mol. The summed E-state index contributed by atoms with van der Waals surface area (Å²) in [5.74, 6) is -0.635. The standard InChI is InChI=1S/C12H12N4O4S/c1-15-7-3-2-6(4-9(7)21-12(15)18)16-5-8(10(13)17)20-11(16)14-19/h2-4,8,19H,5H2,1H3,(H2,13,17)/t8-/m1/s1. The third-order valence-corrected chi connectivity index (χ3v) is 4.31. The van der Waals surface area contributed by atoms with Crippen molar-refractivity contribution in [1.82, 2.24) is 4.57 Å². The molecule has 0 spiro atoms. The van der Waals surface area contributed by atoms with Crippen LogP contribution < -0.4 is 15.5 Å². The van der Waals surface area contributed by atoms with Crippen molar-refractivity contribution in [2.75, 3.05) is 11.4 Å². The first-order chi connectivity index (χ1) is 10.0. The van der Waals surface area contributed by atoms with Crippen LogP contribution in [-0.2, 0) is 16.6 Å². The quantitative estimate of drug-likeness (QED) is 0.601. The third kappa shape index (κ3) is 2.11. The Morgan fingerprint density at radius 3 is 3.00 bits per heavy atom. The predicted molar refractivity (Wildman–Crippen MR) is 77.7 cm³/mol. The minimum atomic E-state index is -0.874. The maximum absolute atomic E-state index is 11.7. The van der Waals surface area contributed by atoms with E-state index in [-0.39, 0.29) is 17.4 Å². The van der Waals surface area contributed by atoms with E-state index < -0.39 is 12.0 Å². The number of oxime groups is 1. The fourth-order valence-electron chi connectivity index (χ4n) is 2.20. The van der Waals surface area contributed by atoms with Gasteiger partial charge in [-0.15, -0.1) is 0 Å². The fraction of sp³-hybridized carbons (Fsp3) is 0.250. The topological polar surface area (TPSA) is 110 Å². The summed E-state index contributed by atoms with van der Waals surface area (Å²) in [6.45, 7) is 0.155. The number of aryl methyl sites for hydroxylation is 1. The number of carbonyl (C=O) groups excluding carboxylic acids is 1. The summed E-state index contributed by atoms with van der Waals surface area (Å²) >= 11 is 1.11. The Labute approximate surface area is 122 Å². The molecule has 1 aromatic carbocycles. The van der Waals surface area contributed by atoms with Crippen LogP contribution in [0.2, 0.25) is 0 Å². The van der Waals surface area contributed by atoms with Gasteiger partial charge in [-0.2, -0.15) is 0 Å². The molecule has 1 fully saturated rings. The van der Waals surface area contributed by atoms with Gasteiger partial charge in [0.1, 0.15) is 0 Å². The van der Waals surface area contributed by atoms with Crippen molar-refractivity contribution >= 4 is 39.2 Å². The number of rotatable bonds is 2. The zero-order valence-electron chi connectivity index (χ0n) is 11.0. The maximum Gasteiger partial charge on any atom is 0.331 e. The first kappa shape index (κ1) is 13.4. The van der Waals surface area contributed by atoms with Gasteiger partial charge in [0.25, 0.3) is 5.91 Å². The highest BCUT2D eigenvalue weighted by atomic mass is 32.1. The molecule has 110 valence electrons. The van der Waals surface area contributed by atoms with Crippen LogP contribution in [0.4, 0.5) is 5.69 Å². The number of ether oxygens (including phenoxy) is 1. The van der Waals surface area contributed by atoms with Crippen LogP contribution in [0.3, 0.4) is 0 Å². The molecule has 8 nitrogen and oxygen atoms in total. The van der Waals surface area contributed by atoms with E-state index in [1.54, 1.807) is 29.8 Å². The van der Waals surface area contributed by atoms with Gasteiger partial charge in [-0.1, -0.05) is 11.3 Å². The molecule has 1 atom stereocenters. The van der Waals surface area contributed by atoms with E-state index in [4.69, 9.17) is 15.7 Å². The van der Waals surface area contributed by atoms with Gasteiger partial charge in [0.2, 0.25) is 0 Å². The number of fused-ring (bicyclic) bond motifs is 1. The number of thiazole rings is 1. The van der Waals surface area contributed by atoms with Crippen LogP contribution in [0, 0.1) is 0 Å². The summed E-state index contributed by atoms with van der Waals surface area (Å²) < 4.78 is 7.51. The Bertz CT molecular complexity index is 809. The number of hydrogen-bond donors (Lipinski definition) is 2. The molecule has 21 heavy (non-hydrogen) atoms. The molecule has 0 aliphatic carbocycles. The van der Waals surface area contributed by atoms with Crippen molar-refractivity contribution in [2.24, 2.45) is 17.9 Å². The number of aromatic nitrogens is 1. The number of anilines is 1. The second kappa shape index (κ2) is 4.77. The highest BCUT2D eigenvalue weighted by Crippen LogP contribution is 2.27. The molecular formula is C12H12N4O4S. The van der Waals surface area contributed by atoms with Crippen molar-refractivity contribution in [2.45, 2.75) is 6.10 Å². The van der Waals surface area contributed by atoms with Crippen molar-refractivity contribution in [3.8, 4) is 0 Å². The largest absolute Gasteiger partial charge is 0.447 e. The van der Waals surface area contributed by atoms with E-state index in [0.29, 0.717) is 5.69 Å². The molecular weight excluding hydrogens is 296 g/mol. The summed E-state index contributed by atoms with van der Waals surface area (Å²) in [5.41, 5.74) is 6.66. The summed E-state index contributed by atoms with van der Waals surface area (Å²) in [6.07, 6.45) is -0.874. The minimum absolute atomic E-state index is 0.0640. The fourth-order valence-corrected chi connectivity index (χ4v) is 3.12. The lowest BCUT2D eigenvalue weighted by Gasteiger charge is -2.14. The van der Waals surface area contributed by atoms with Gasteiger partial charge in [-0.25, -0.2) is 0 Å². The normalized spacial score (nSPS) is 20.1. The molecule has 3 rings (SSSR count). The molecule has 0 saturated carbocycles. The number of nitrogens with zero attached hydrogens (tertiary/aromatic N) is 3. The lowest BCUT2D eigenvalue weighted by Crippen LogP contribution is -2.32. The van der Waals surface area contributed by atoms with Crippen molar-refractivity contribution in [3.63, 3.8) is 0 Å². The molecule has 3 N–H and O–H groups in total. The molecule has 1 amide bonds. The van der Waals surface area contributed by atoms with E-state index in [9.17, 15) is 9.59 Å². The monoisotopic (exact) mass is 308 g/mol. The lowest BCUT2D eigenvalue weighted by atomic mass is 10.2. The summed E-state index contributed by atoms with van der Waals surface area (Å²) in [4.78, 5) is 24.3. The molecule has 2 heterocycles. The van der Waals surface area contributed by atoms with Crippen LogP contribution in [-0.4, -0.2) is 34.4 Å². The number of amidine groups is 1. The smallest absolute Gasteiger partial charge is 0.331 e. The van der Waals surface area contributed by atoms with Gasteiger partial charge in [0.05, 0.1) is 16.8 Å². The second-order valence-electron chi connectivity index (χ2n) is 4.58. The van der Waals surface area contributed by atoms with Crippen LogP contribution in [0.1, 0.15) is 0 Å². The molecule has 0 radical (unpaired) electrons. The lowest BCUT2D eigenvalue weighted by molar-refractivity contribution is -0.123. The molecule has 9 heteroatoms. The average Bonchev–Trinajstić information content (AvgIpc) is 3.01. The van der Waals surface area contributed by atoms with E-state index in [0.717, 1.165) is 21.6 Å². The number of benzene rings is 1. The summed E-state index contributed by atoms with van der Waals surface area (Å²) in [6, 6.07) is 5.22. The molecule has 1 aliphatic heterocycles. The van der Waals surface area contributed by atoms with E-state index in [1.165, 1.54) is 4.90 Å². The van der Waals surface area contributed by atoms with E-state index in [2.05, 4.69) is 5.16 Å². The SMILES string of the molecule is Cn1c(=O)sc2cc(N3C[C@H](C(N)=O)OC3=NO)ccc21. The Morgan fingerprint density at radius 2 is 2.33 bits per heavy atom. The van der Waals surface area contributed by atoms with Crippen LogP contribution in [0.5, 0.6) is 0 Å². The number of nitrogens with two attached hydrogens (primary N) is 1. The Hall–Kier alpha value is -2.55. The van der Waals surface area contributed by atoms with Gasteiger partial charge < -0.3 is 20.2 Å². The Balaban J connectivity index is 2.03. The molecule has 0 unspecified atom stereocenters. The summed E-state index contributed by atoms with van der Waals surface area (Å²) in [7, 11) is 1.70. The highest BCUT2D eigenvalue weighted by molar-refractivity contribution is 7.16. The predicted octanol–water partition coefficient (Wildman–Crippen LogP) is 0.0357. The maximum atomic E-state index is 11.7. The molecule has 1 aliphatic rings. The van der Waals surface area contributed by atoms with Crippen LogP contribution in [0.15, 0.2) is 28.1 Å². The molecule has 1 aromatic heterocycles. The van der Waals surface area contributed by atoms with E-state index in [1.807, 2.05) is 0 Å². The first-order valence-corrected chi connectivity index (χ1v) is 6.88. The number of hydrogen-bond acceptors (Lipinski definition) is 6. The van der Waals surface area contributed by atoms with Crippen molar-refractivity contribution < 1.29 is 14.7 Å². The molecule has 0 bridgehead atoms. The van der Waals surface area contributed by atoms with Crippen LogP contribution >= 0.6 is 11.3 Å². The Morgan fingerprint density at radius 1 is 1.57 bits per heavy atom. The second-order valence-corrected chi connectivity index (χ2v) is 5.57. The van der Waals surface area contributed by atoms with Gasteiger partial charge in [-0.3, -0.25) is 14.5 Å². The number of amides is 1. The van der Waals surface area contributed by atoms with Gasteiger partial charge in [0, 0.05) is 12.7 Å². The van der Waals surface area contributed by atoms with Gasteiger partial charge in [-0.05, 0) is 23.4 Å². The Kier molecular flexibility index (Phi) is 3.05. The summed E-state index contributed by atoms with van der Waals surface area (Å²) in [5, 5.41) is 12.0.